The number of hydrogen-bond acceptors (Lipinski definition) is 2. The standard InChI is InChI=1S/C21H26N2O.ClH/c24-21(23-14-12-17-11-13-22-16-17)15-20(18-7-3-1-4-8-18)19-9-5-2-6-10-19;/h1-10,17,20,22H,11-16H2,(H,23,24);1H. The third-order valence-electron chi connectivity index (χ3n) is 4.83. The first-order valence-electron chi connectivity index (χ1n) is 8.90. The molecule has 1 heterocycles. The fourth-order valence-electron chi connectivity index (χ4n) is 3.43. The average molecular weight is 359 g/mol. The molecule has 1 fully saturated rings. The van der Waals surface area contributed by atoms with Crippen molar-refractivity contribution in [2.45, 2.75) is 25.2 Å². The number of benzene rings is 2. The Hall–Kier alpha value is -1.84. The summed E-state index contributed by atoms with van der Waals surface area (Å²) in [6.07, 6.45) is 2.80. The normalized spacial score (nSPS) is 16.4. The first-order chi connectivity index (χ1) is 11.8. The summed E-state index contributed by atoms with van der Waals surface area (Å²) < 4.78 is 0. The van der Waals surface area contributed by atoms with Gasteiger partial charge in [0.2, 0.25) is 5.91 Å². The Balaban J connectivity index is 0.00000225. The van der Waals surface area contributed by atoms with Crippen LogP contribution in [0, 0.1) is 5.92 Å². The van der Waals surface area contributed by atoms with Gasteiger partial charge in [0.25, 0.3) is 0 Å². The summed E-state index contributed by atoms with van der Waals surface area (Å²) >= 11 is 0. The lowest BCUT2D eigenvalue weighted by molar-refractivity contribution is -0.121. The zero-order chi connectivity index (χ0) is 16.6. The van der Waals surface area contributed by atoms with E-state index in [1.54, 1.807) is 0 Å². The molecule has 2 N–H and O–H groups in total. The summed E-state index contributed by atoms with van der Waals surface area (Å²) in [5.41, 5.74) is 2.39. The van der Waals surface area contributed by atoms with Gasteiger partial charge >= 0.3 is 0 Å². The molecule has 0 radical (unpaired) electrons. The lowest BCUT2D eigenvalue weighted by Crippen LogP contribution is -2.28. The Morgan fingerprint density at radius 2 is 1.64 bits per heavy atom. The molecule has 1 atom stereocenters. The topological polar surface area (TPSA) is 41.1 Å². The van der Waals surface area contributed by atoms with E-state index in [1.807, 2.05) is 36.4 Å². The van der Waals surface area contributed by atoms with E-state index in [2.05, 4.69) is 34.9 Å². The van der Waals surface area contributed by atoms with Gasteiger partial charge in [-0.1, -0.05) is 60.7 Å². The van der Waals surface area contributed by atoms with Gasteiger partial charge in [0, 0.05) is 18.9 Å². The largest absolute Gasteiger partial charge is 0.356 e. The first kappa shape index (κ1) is 19.5. The van der Waals surface area contributed by atoms with Crippen LogP contribution in [0.1, 0.15) is 36.3 Å². The Morgan fingerprint density at radius 3 is 2.16 bits per heavy atom. The lowest BCUT2D eigenvalue weighted by Gasteiger charge is -2.18. The molecule has 1 amide bonds. The van der Waals surface area contributed by atoms with E-state index in [1.165, 1.54) is 17.5 Å². The maximum atomic E-state index is 12.4. The minimum atomic E-state index is 0. The predicted molar refractivity (Wildman–Crippen MR) is 105 cm³/mol. The maximum Gasteiger partial charge on any atom is 0.220 e. The van der Waals surface area contributed by atoms with Gasteiger partial charge in [0.1, 0.15) is 0 Å². The van der Waals surface area contributed by atoms with Gasteiger partial charge in [-0.05, 0) is 43.0 Å². The van der Waals surface area contributed by atoms with Crippen LogP contribution >= 0.6 is 12.4 Å². The van der Waals surface area contributed by atoms with Crippen molar-refractivity contribution in [1.29, 1.82) is 0 Å². The zero-order valence-electron chi connectivity index (χ0n) is 14.5. The van der Waals surface area contributed by atoms with Crippen LogP contribution in [-0.2, 0) is 4.79 Å². The Kier molecular flexibility index (Phi) is 7.96. The van der Waals surface area contributed by atoms with Crippen LogP contribution in [0.2, 0.25) is 0 Å². The van der Waals surface area contributed by atoms with Crippen molar-refractivity contribution >= 4 is 18.3 Å². The van der Waals surface area contributed by atoms with E-state index in [4.69, 9.17) is 0 Å². The van der Waals surface area contributed by atoms with Crippen molar-refractivity contribution in [3.05, 3.63) is 71.8 Å². The van der Waals surface area contributed by atoms with Crippen molar-refractivity contribution in [3.63, 3.8) is 0 Å². The van der Waals surface area contributed by atoms with Crippen LogP contribution in [0.5, 0.6) is 0 Å². The molecule has 0 aromatic heterocycles. The third-order valence-corrected chi connectivity index (χ3v) is 4.83. The molecule has 2 aromatic rings. The van der Waals surface area contributed by atoms with E-state index in [9.17, 15) is 4.79 Å². The minimum absolute atomic E-state index is 0. The first-order valence-corrected chi connectivity index (χ1v) is 8.90. The van der Waals surface area contributed by atoms with E-state index < -0.39 is 0 Å². The van der Waals surface area contributed by atoms with Gasteiger partial charge in [-0.3, -0.25) is 4.79 Å². The number of nitrogens with one attached hydrogen (secondary N) is 2. The molecule has 0 saturated carbocycles. The fraction of sp³-hybridized carbons (Fsp3) is 0.381. The highest BCUT2D eigenvalue weighted by atomic mass is 35.5. The van der Waals surface area contributed by atoms with Crippen LogP contribution in [0.3, 0.4) is 0 Å². The van der Waals surface area contributed by atoms with Gasteiger partial charge in [0.05, 0.1) is 0 Å². The number of halogens is 1. The molecule has 1 aliphatic rings. The maximum absolute atomic E-state index is 12.4. The molecular weight excluding hydrogens is 332 g/mol. The summed E-state index contributed by atoms with van der Waals surface area (Å²) in [5, 5.41) is 6.49. The smallest absolute Gasteiger partial charge is 0.220 e. The molecule has 2 aromatic carbocycles. The van der Waals surface area contributed by atoms with Crippen LogP contribution in [0.15, 0.2) is 60.7 Å². The number of rotatable bonds is 7. The molecule has 0 bridgehead atoms. The van der Waals surface area contributed by atoms with Crippen molar-refractivity contribution in [2.24, 2.45) is 5.92 Å². The van der Waals surface area contributed by atoms with Crippen LogP contribution in [0.25, 0.3) is 0 Å². The summed E-state index contributed by atoms with van der Waals surface area (Å²) in [4.78, 5) is 12.4. The summed E-state index contributed by atoms with van der Waals surface area (Å²) in [5.74, 6) is 0.962. The fourth-order valence-corrected chi connectivity index (χ4v) is 3.43. The highest BCUT2D eigenvalue weighted by Gasteiger charge is 2.19. The van der Waals surface area contributed by atoms with Gasteiger partial charge < -0.3 is 10.6 Å². The Labute approximate surface area is 156 Å². The second-order valence-electron chi connectivity index (χ2n) is 6.58. The average Bonchev–Trinajstić information content (AvgIpc) is 3.15. The Bertz CT molecular complexity index is 587. The minimum Gasteiger partial charge on any atom is -0.356 e. The molecular formula is C21H27ClN2O. The van der Waals surface area contributed by atoms with Crippen LogP contribution < -0.4 is 10.6 Å². The molecule has 25 heavy (non-hydrogen) atoms. The van der Waals surface area contributed by atoms with Crippen molar-refractivity contribution in [3.8, 4) is 0 Å². The predicted octanol–water partition coefficient (Wildman–Crippen LogP) is 3.75. The van der Waals surface area contributed by atoms with Crippen molar-refractivity contribution in [2.75, 3.05) is 19.6 Å². The van der Waals surface area contributed by atoms with Gasteiger partial charge in [0.15, 0.2) is 0 Å². The second-order valence-corrected chi connectivity index (χ2v) is 6.58. The SMILES string of the molecule is Cl.O=C(CC(c1ccccc1)c1ccccc1)NCCC1CCNC1. The summed E-state index contributed by atoms with van der Waals surface area (Å²) in [6, 6.07) is 20.6. The number of hydrogen-bond donors (Lipinski definition) is 2. The summed E-state index contributed by atoms with van der Waals surface area (Å²) in [6.45, 7) is 2.98. The molecule has 134 valence electrons. The van der Waals surface area contributed by atoms with E-state index >= 15 is 0 Å². The molecule has 1 unspecified atom stereocenters. The third kappa shape index (κ3) is 5.87. The zero-order valence-corrected chi connectivity index (χ0v) is 15.3. The monoisotopic (exact) mass is 358 g/mol. The molecule has 0 spiro atoms. The molecule has 4 heteroatoms. The van der Waals surface area contributed by atoms with Crippen LogP contribution in [-0.4, -0.2) is 25.5 Å². The number of carbonyl (C=O) groups excluding carboxylic acids is 1. The lowest BCUT2D eigenvalue weighted by atomic mass is 9.88. The number of amides is 1. The molecule has 0 aliphatic carbocycles. The quantitative estimate of drug-likeness (QED) is 0.791. The second kappa shape index (κ2) is 10.2. The van der Waals surface area contributed by atoms with Gasteiger partial charge in [-0.25, -0.2) is 0 Å². The molecule has 3 nitrogen and oxygen atoms in total. The van der Waals surface area contributed by atoms with Gasteiger partial charge in [-0.15, -0.1) is 12.4 Å². The molecule has 3 rings (SSSR count). The molecule has 1 aliphatic heterocycles. The van der Waals surface area contributed by atoms with Gasteiger partial charge in [-0.2, -0.15) is 0 Å². The highest BCUT2D eigenvalue weighted by molar-refractivity contribution is 5.85. The van der Waals surface area contributed by atoms with Crippen molar-refractivity contribution in [1.82, 2.24) is 10.6 Å². The van der Waals surface area contributed by atoms with Crippen molar-refractivity contribution < 1.29 is 4.79 Å². The van der Waals surface area contributed by atoms with E-state index in [0.717, 1.165) is 26.1 Å². The summed E-state index contributed by atoms with van der Waals surface area (Å²) in [7, 11) is 0. The van der Waals surface area contributed by atoms with Crippen LogP contribution in [0.4, 0.5) is 0 Å². The Morgan fingerprint density at radius 1 is 1.04 bits per heavy atom. The number of carbonyl (C=O) groups is 1. The molecule has 1 saturated heterocycles. The highest BCUT2D eigenvalue weighted by Crippen LogP contribution is 2.27. The van der Waals surface area contributed by atoms with E-state index in [0.29, 0.717) is 12.3 Å². The van der Waals surface area contributed by atoms with E-state index in [-0.39, 0.29) is 24.2 Å².